The van der Waals surface area contributed by atoms with Crippen molar-refractivity contribution in [3.05, 3.63) is 28.2 Å². The van der Waals surface area contributed by atoms with Crippen molar-refractivity contribution in [2.75, 3.05) is 18.0 Å². The van der Waals surface area contributed by atoms with Gasteiger partial charge in [-0.15, -0.1) is 0 Å². The Bertz CT molecular complexity index is 405. The third-order valence-electron chi connectivity index (χ3n) is 3.47. The highest BCUT2D eigenvalue weighted by Crippen LogP contribution is 2.29. The Morgan fingerprint density at radius 2 is 2.18 bits per heavy atom. The normalized spacial score (nSPS) is 21.1. The second-order valence-corrected chi connectivity index (χ2v) is 5.71. The molecule has 17 heavy (non-hydrogen) atoms. The molecule has 2 nitrogen and oxygen atoms in total. The molecule has 1 atom stereocenters. The lowest BCUT2D eigenvalue weighted by Gasteiger charge is -2.24. The molecule has 0 amide bonds. The molecule has 1 fully saturated rings. The molecule has 1 aromatic carbocycles. The molecule has 1 aromatic rings. The average Bonchev–Trinajstić information content (AvgIpc) is 2.54. The van der Waals surface area contributed by atoms with Crippen molar-refractivity contribution in [3.63, 3.8) is 0 Å². The molecule has 92 valence electrons. The fourth-order valence-corrected chi connectivity index (χ4v) is 3.00. The van der Waals surface area contributed by atoms with Crippen LogP contribution >= 0.6 is 15.9 Å². The van der Waals surface area contributed by atoms with E-state index in [1.54, 1.807) is 0 Å². The number of carbonyl (C=O) groups excluding carboxylic acids is 1. The number of halogens is 1. The predicted octanol–water partition coefficient (Wildman–Crippen LogP) is 3.89. The van der Waals surface area contributed by atoms with Gasteiger partial charge in [0.15, 0.2) is 0 Å². The van der Waals surface area contributed by atoms with Gasteiger partial charge in [-0.1, -0.05) is 6.92 Å². The van der Waals surface area contributed by atoms with Crippen molar-refractivity contribution < 1.29 is 4.79 Å². The van der Waals surface area contributed by atoms with Gasteiger partial charge in [0.2, 0.25) is 0 Å². The monoisotopic (exact) mass is 295 g/mol. The van der Waals surface area contributed by atoms with E-state index in [-0.39, 0.29) is 0 Å². The fraction of sp³-hybridized carbons (Fsp3) is 0.500. The molecule has 0 N–H and O–H groups in total. The van der Waals surface area contributed by atoms with Crippen LogP contribution < -0.4 is 4.90 Å². The first-order valence-corrected chi connectivity index (χ1v) is 6.99. The van der Waals surface area contributed by atoms with Gasteiger partial charge >= 0.3 is 0 Å². The summed E-state index contributed by atoms with van der Waals surface area (Å²) in [7, 11) is 0. The first-order valence-electron chi connectivity index (χ1n) is 6.20. The molecule has 1 unspecified atom stereocenters. The van der Waals surface area contributed by atoms with E-state index in [0.29, 0.717) is 0 Å². The zero-order valence-electron chi connectivity index (χ0n) is 10.2. The minimum absolute atomic E-state index is 0.726. The van der Waals surface area contributed by atoms with Gasteiger partial charge in [0.1, 0.15) is 6.29 Å². The van der Waals surface area contributed by atoms with Crippen LogP contribution in [0.5, 0.6) is 0 Å². The number of nitrogens with zero attached hydrogens (tertiary/aromatic N) is 1. The van der Waals surface area contributed by atoms with E-state index in [9.17, 15) is 4.79 Å². The molecule has 2 rings (SSSR count). The Hall–Kier alpha value is -0.830. The molecule has 0 radical (unpaired) electrons. The van der Waals surface area contributed by atoms with Gasteiger partial charge in [-0.3, -0.25) is 4.79 Å². The summed E-state index contributed by atoms with van der Waals surface area (Å²) >= 11 is 3.56. The summed E-state index contributed by atoms with van der Waals surface area (Å²) in [4.78, 5) is 13.1. The molecule has 0 aliphatic carbocycles. The van der Waals surface area contributed by atoms with Gasteiger partial charge in [0.25, 0.3) is 0 Å². The molecule has 0 spiro atoms. The van der Waals surface area contributed by atoms with Crippen molar-refractivity contribution in [1.29, 1.82) is 0 Å². The minimum Gasteiger partial charge on any atom is -0.371 e. The van der Waals surface area contributed by atoms with Gasteiger partial charge in [0.05, 0.1) is 5.69 Å². The maximum Gasteiger partial charge on any atom is 0.150 e. The van der Waals surface area contributed by atoms with Crippen LogP contribution in [-0.4, -0.2) is 19.4 Å². The lowest BCUT2D eigenvalue weighted by Crippen LogP contribution is -2.24. The van der Waals surface area contributed by atoms with Crippen molar-refractivity contribution >= 4 is 27.9 Å². The second-order valence-electron chi connectivity index (χ2n) is 4.85. The van der Waals surface area contributed by atoms with Crippen LogP contribution in [0.4, 0.5) is 5.69 Å². The second kappa shape index (κ2) is 5.67. The Labute approximate surface area is 111 Å². The molecule has 3 heteroatoms. The maximum absolute atomic E-state index is 10.7. The van der Waals surface area contributed by atoms with E-state index in [1.165, 1.54) is 24.9 Å². The van der Waals surface area contributed by atoms with Crippen LogP contribution in [0.2, 0.25) is 0 Å². The van der Waals surface area contributed by atoms with Crippen LogP contribution in [0.3, 0.4) is 0 Å². The van der Waals surface area contributed by atoms with E-state index in [2.05, 4.69) is 27.8 Å². The number of anilines is 1. The number of aldehydes is 1. The minimum atomic E-state index is 0.726. The van der Waals surface area contributed by atoms with E-state index in [0.717, 1.165) is 35.3 Å². The highest BCUT2D eigenvalue weighted by molar-refractivity contribution is 9.10. The Balaban J connectivity index is 2.18. The molecule has 1 heterocycles. The van der Waals surface area contributed by atoms with E-state index in [4.69, 9.17) is 0 Å². The molecule has 1 saturated heterocycles. The first kappa shape index (κ1) is 12.6. The molecule has 0 aromatic heterocycles. The van der Waals surface area contributed by atoms with Crippen LogP contribution in [0, 0.1) is 5.92 Å². The summed E-state index contributed by atoms with van der Waals surface area (Å²) in [5.74, 6) is 0.827. The number of hydrogen-bond donors (Lipinski definition) is 0. The summed E-state index contributed by atoms with van der Waals surface area (Å²) in [5.41, 5.74) is 1.94. The standard InChI is InChI=1S/C14H18BrNO/c1-11-3-2-7-16(8-6-11)14-5-4-12(10-17)9-13(14)15/h4-5,9-11H,2-3,6-8H2,1H3. The third kappa shape index (κ3) is 3.09. The molecular formula is C14H18BrNO. The summed E-state index contributed by atoms with van der Waals surface area (Å²) in [6.45, 7) is 4.55. The van der Waals surface area contributed by atoms with Crippen molar-refractivity contribution in [3.8, 4) is 0 Å². The number of rotatable bonds is 2. The van der Waals surface area contributed by atoms with Gasteiger partial charge in [-0.2, -0.15) is 0 Å². The molecule has 0 bridgehead atoms. The Morgan fingerprint density at radius 1 is 1.35 bits per heavy atom. The largest absolute Gasteiger partial charge is 0.371 e. The van der Waals surface area contributed by atoms with Crippen molar-refractivity contribution in [2.24, 2.45) is 5.92 Å². The number of hydrogen-bond acceptors (Lipinski definition) is 2. The van der Waals surface area contributed by atoms with E-state index < -0.39 is 0 Å². The van der Waals surface area contributed by atoms with Gasteiger partial charge in [0, 0.05) is 23.1 Å². The molecule has 1 aliphatic rings. The smallest absolute Gasteiger partial charge is 0.150 e. The van der Waals surface area contributed by atoms with Crippen molar-refractivity contribution in [2.45, 2.75) is 26.2 Å². The van der Waals surface area contributed by atoms with Gasteiger partial charge in [-0.25, -0.2) is 0 Å². The summed E-state index contributed by atoms with van der Waals surface area (Å²) in [5, 5.41) is 0. The third-order valence-corrected chi connectivity index (χ3v) is 4.10. The summed E-state index contributed by atoms with van der Waals surface area (Å²) in [6, 6.07) is 5.84. The SMILES string of the molecule is CC1CCCN(c2ccc(C=O)cc2Br)CC1. The topological polar surface area (TPSA) is 20.3 Å². The predicted molar refractivity (Wildman–Crippen MR) is 74.8 cm³/mol. The maximum atomic E-state index is 10.7. The molecule has 1 aliphatic heterocycles. The van der Waals surface area contributed by atoms with Crippen LogP contribution in [0.25, 0.3) is 0 Å². The highest BCUT2D eigenvalue weighted by atomic mass is 79.9. The Morgan fingerprint density at radius 3 is 2.88 bits per heavy atom. The lowest BCUT2D eigenvalue weighted by atomic mass is 10.0. The fourth-order valence-electron chi connectivity index (χ4n) is 2.36. The zero-order chi connectivity index (χ0) is 12.3. The number of benzene rings is 1. The quantitative estimate of drug-likeness (QED) is 0.772. The average molecular weight is 296 g/mol. The molecule has 0 saturated carbocycles. The van der Waals surface area contributed by atoms with Crippen molar-refractivity contribution in [1.82, 2.24) is 0 Å². The summed E-state index contributed by atoms with van der Waals surface area (Å²) in [6.07, 6.45) is 4.71. The summed E-state index contributed by atoms with van der Waals surface area (Å²) < 4.78 is 1.02. The van der Waals surface area contributed by atoms with Gasteiger partial charge < -0.3 is 4.90 Å². The van der Waals surface area contributed by atoms with E-state index in [1.807, 2.05) is 18.2 Å². The van der Waals surface area contributed by atoms with E-state index >= 15 is 0 Å². The zero-order valence-corrected chi connectivity index (χ0v) is 11.7. The van der Waals surface area contributed by atoms with Gasteiger partial charge in [-0.05, 0) is 59.3 Å². The van der Waals surface area contributed by atoms with Crippen LogP contribution in [0.15, 0.2) is 22.7 Å². The Kier molecular flexibility index (Phi) is 4.21. The highest BCUT2D eigenvalue weighted by Gasteiger charge is 2.16. The number of carbonyl (C=O) groups is 1. The lowest BCUT2D eigenvalue weighted by molar-refractivity contribution is 0.112. The first-order chi connectivity index (χ1) is 8.20. The van der Waals surface area contributed by atoms with Crippen LogP contribution in [-0.2, 0) is 0 Å². The molecular weight excluding hydrogens is 278 g/mol. The van der Waals surface area contributed by atoms with Crippen LogP contribution in [0.1, 0.15) is 36.5 Å².